The van der Waals surface area contributed by atoms with Crippen LogP contribution in [0.4, 0.5) is 0 Å². The average molecular weight is 280 g/mol. The molecule has 0 aliphatic heterocycles. The number of para-hydroxylation sites is 1. The minimum absolute atomic E-state index is 0.0734. The van der Waals surface area contributed by atoms with Crippen LogP contribution < -0.4 is 10.6 Å². The third-order valence-corrected chi connectivity index (χ3v) is 2.87. The van der Waals surface area contributed by atoms with Crippen molar-refractivity contribution in [3.05, 3.63) is 36.0 Å². The molecule has 2 aromatic rings. The van der Waals surface area contributed by atoms with E-state index < -0.39 is 0 Å². The first-order valence-corrected chi connectivity index (χ1v) is 6.43. The van der Waals surface area contributed by atoms with Gasteiger partial charge in [-0.3, -0.25) is 9.59 Å². The molecule has 0 fully saturated rings. The van der Waals surface area contributed by atoms with Crippen molar-refractivity contribution in [3.63, 3.8) is 0 Å². The van der Waals surface area contributed by atoms with E-state index in [0.717, 1.165) is 10.9 Å². The molecule has 1 aromatic carbocycles. The first-order chi connectivity index (χ1) is 9.20. The van der Waals surface area contributed by atoms with Crippen molar-refractivity contribution in [1.29, 1.82) is 0 Å². The first-order valence-electron chi connectivity index (χ1n) is 5.89. The molecule has 3 N–H and O–H groups in total. The molecule has 2 amide bonds. The third kappa shape index (κ3) is 3.48. The predicted octanol–water partition coefficient (Wildman–Crippen LogP) is 1.25. The van der Waals surface area contributed by atoms with Gasteiger partial charge in [-0.2, -0.15) is 0 Å². The van der Waals surface area contributed by atoms with Crippen LogP contribution >= 0.6 is 11.6 Å². The number of H-pyrrole nitrogens is 1. The number of aromatic nitrogens is 1. The normalized spacial score (nSPS) is 10.4. The molecule has 19 heavy (non-hydrogen) atoms. The zero-order valence-corrected chi connectivity index (χ0v) is 11.0. The average Bonchev–Trinajstić information content (AvgIpc) is 2.87. The van der Waals surface area contributed by atoms with Gasteiger partial charge in [0, 0.05) is 24.0 Å². The second-order valence-electron chi connectivity index (χ2n) is 4.01. The van der Waals surface area contributed by atoms with Crippen LogP contribution in [0, 0.1) is 0 Å². The molecule has 0 bridgehead atoms. The van der Waals surface area contributed by atoms with Crippen molar-refractivity contribution in [2.45, 2.75) is 0 Å². The zero-order valence-electron chi connectivity index (χ0n) is 10.2. The van der Waals surface area contributed by atoms with Gasteiger partial charge < -0.3 is 15.6 Å². The smallest absolute Gasteiger partial charge is 0.267 e. The number of hydrogen-bond donors (Lipinski definition) is 3. The van der Waals surface area contributed by atoms with Crippen LogP contribution in [-0.4, -0.2) is 35.8 Å². The van der Waals surface area contributed by atoms with E-state index in [2.05, 4.69) is 15.6 Å². The highest BCUT2D eigenvalue weighted by Gasteiger charge is 2.08. The highest BCUT2D eigenvalue weighted by Crippen LogP contribution is 2.14. The quantitative estimate of drug-likeness (QED) is 0.569. The van der Waals surface area contributed by atoms with Gasteiger partial charge in [-0.25, -0.2) is 0 Å². The van der Waals surface area contributed by atoms with Crippen molar-refractivity contribution < 1.29 is 9.59 Å². The van der Waals surface area contributed by atoms with Crippen molar-refractivity contribution in [2.75, 3.05) is 19.0 Å². The Morgan fingerprint density at radius 1 is 1.16 bits per heavy atom. The van der Waals surface area contributed by atoms with Crippen LogP contribution in [0.25, 0.3) is 10.9 Å². The maximum absolute atomic E-state index is 11.8. The molecule has 0 aliphatic rings. The van der Waals surface area contributed by atoms with Gasteiger partial charge in [0.25, 0.3) is 5.91 Å². The Bertz CT molecular complexity index is 561. The predicted molar refractivity (Wildman–Crippen MR) is 74.4 cm³/mol. The SMILES string of the molecule is O=C(CCl)NCCNC(=O)c1cc2ccccc2[nH]1. The number of amides is 2. The monoisotopic (exact) mass is 279 g/mol. The zero-order chi connectivity index (χ0) is 13.7. The summed E-state index contributed by atoms with van der Waals surface area (Å²) in [5, 5.41) is 6.27. The lowest BCUT2D eigenvalue weighted by molar-refractivity contribution is -0.118. The van der Waals surface area contributed by atoms with Gasteiger partial charge >= 0.3 is 0 Å². The first kappa shape index (κ1) is 13.4. The Hall–Kier alpha value is -2.01. The lowest BCUT2D eigenvalue weighted by Crippen LogP contribution is -2.35. The van der Waals surface area contributed by atoms with Crippen molar-refractivity contribution >= 4 is 34.3 Å². The number of hydrogen-bond acceptors (Lipinski definition) is 2. The summed E-state index contributed by atoms with van der Waals surface area (Å²) in [4.78, 5) is 25.8. The van der Waals surface area contributed by atoms with Gasteiger partial charge in [-0.1, -0.05) is 18.2 Å². The number of benzene rings is 1. The highest BCUT2D eigenvalue weighted by atomic mass is 35.5. The van der Waals surface area contributed by atoms with E-state index in [0.29, 0.717) is 18.8 Å². The topological polar surface area (TPSA) is 74.0 Å². The van der Waals surface area contributed by atoms with Crippen LogP contribution in [0.1, 0.15) is 10.5 Å². The summed E-state index contributed by atoms with van der Waals surface area (Å²) in [6, 6.07) is 9.46. The van der Waals surface area contributed by atoms with E-state index in [-0.39, 0.29) is 17.7 Å². The molecule has 0 saturated carbocycles. The standard InChI is InChI=1S/C13H14ClN3O2/c14-8-12(18)15-5-6-16-13(19)11-7-9-3-1-2-4-10(9)17-11/h1-4,7,17H,5-6,8H2,(H,15,18)(H,16,19). The number of carbonyl (C=O) groups is 2. The van der Waals surface area contributed by atoms with E-state index in [4.69, 9.17) is 11.6 Å². The Balaban J connectivity index is 1.87. The van der Waals surface area contributed by atoms with E-state index in [1.165, 1.54) is 0 Å². The summed E-state index contributed by atoms with van der Waals surface area (Å²) in [6.45, 7) is 0.717. The van der Waals surface area contributed by atoms with Crippen molar-refractivity contribution in [2.24, 2.45) is 0 Å². The molecular weight excluding hydrogens is 266 g/mol. The Morgan fingerprint density at radius 3 is 2.63 bits per heavy atom. The number of fused-ring (bicyclic) bond motifs is 1. The molecule has 0 radical (unpaired) electrons. The molecule has 1 aromatic heterocycles. The third-order valence-electron chi connectivity index (χ3n) is 2.63. The molecule has 0 unspecified atom stereocenters. The number of aromatic amines is 1. The Labute approximate surface area is 115 Å². The summed E-state index contributed by atoms with van der Waals surface area (Å²) in [5.74, 6) is -0.520. The number of nitrogens with one attached hydrogen (secondary N) is 3. The van der Waals surface area contributed by atoms with Crippen molar-refractivity contribution in [3.8, 4) is 0 Å². The molecule has 6 heteroatoms. The van der Waals surface area contributed by atoms with Crippen LogP contribution in [0.15, 0.2) is 30.3 Å². The summed E-state index contributed by atoms with van der Waals surface area (Å²) in [5.41, 5.74) is 1.42. The summed E-state index contributed by atoms with van der Waals surface area (Å²) in [6.07, 6.45) is 0. The maximum Gasteiger partial charge on any atom is 0.267 e. The second kappa shape index (κ2) is 6.24. The molecule has 5 nitrogen and oxygen atoms in total. The van der Waals surface area contributed by atoms with E-state index in [9.17, 15) is 9.59 Å². The molecule has 2 rings (SSSR count). The fourth-order valence-electron chi connectivity index (χ4n) is 1.72. The molecule has 0 saturated heterocycles. The fraction of sp³-hybridized carbons (Fsp3) is 0.231. The minimum atomic E-state index is -0.249. The van der Waals surface area contributed by atoms with Crippen molar-refractivity contribution in [1.82, 2.24) is 15.6 Å². The summed E-state index contributed by atoms with van der Waals surface area (Å²) < 4.78 is 0. The van der Waals surface area contributed by atoms with Gasteiger partial charge in [-0.15, -0.1) is 11.6 Å². The van der Waals surface area contributed by atoms with Crippen LogP contribution in [-0.2, 0) is 4.79 Å². The fourth-order valence-corrected chi connectivity index (χ4v) is 1.81. The maximum atomic E-state index is 11.8. The van der Waals surface area contributed by atoms with Crippen LogP contribution in [0.5, 0.6) is 0 Å². The second-order valence-corrected chi connectivity index (χ2v) is 4.28. The van der Waals surface area contributed by atoms with E-state index in [1.807, 2.05) is 24.3 Å². The molecular formula is C13H14ClN3O2. The van der Waals surface area contributed by atoms with Gasteiger partial charge in [0.1, 0.15) is 11.6 Å². The largest absolute Gasteiger partial charge is 0.353 e. The number of rotatable bonds is 5. The lowest BCUT2D eigenvalue weighted by atomic mass is 10.2. The molecule has 1 heterocycles. The number of alkyl halides is 1. The molecule has 100 valence electrons. The van der Waals surface area contributed by atoms with E-state index >= 15 is 0 Å². The van der Waals surface area contributed by atoms with Gasteiger partial charge in [-0.05, 0) is 12.1 Å². The van der Waals surface area contributed by atoms with Gasteiger partial charge in [0.2, 0.25) is 5.91 Å². The van der Waals surface area contributed by atoms with Crippen LogP contribution in [0.3, 0.4) is 0 Å². The molecule has 0 atom stereocenters. The summed E-state index contributed by atoms with van der Waals surface area (Å²) in [7, 11) is 0. The van der Waals surface area contributed by atoms with Crippen LogP contribution in [0.2, 0.25) is 0 Å². The number of halogens is 1. The van der Waals surface area contributed by atoms with Gasteiger partial charge in [0.15, 0.2) is 0 Å². The van der Waals surface area contributed by atoms with E-state index in [1.54, 1.807) is 6.07 Å². The van der Waals surface area contributed by atoms with Gasteiger partial charge in [0.05, 0.1) is 0 Å². The minimum Gasteiger partial charge on any atom is -0.353 e. The number of carbonyl (C=O) groups excluding carboxylic acids is 2. The molecule has 0 spiro atoms. The highest BCUT2D eigenvalue weighted by molar-refractivity contribution is 6.27. The Morgan fingerprint density at radius 2 is 1.89 bits per heavy atom. The Kier molecular flexibility index (Phi) is 4.41. The lowest BCUT2D eigenvalue weighted by Gasteiger charge is -2.04. The molecule has 0 aliphatic carbocycles. The summed E-state index contributed by atoms with van der Waals surface area (Å²) >= 11 is 5.33.